The first-order chi connectivity index (χ1) is 9.38. The van der Waals surface area contributed by atoms with Crippen molar-refractivity contribution in [2.75, 3.05) is 6.54 Å². The molecule has 0 aromatic rings. The van der Waals surface area contributed by atoms with Crippen molar-refractivity contribution >= 4 is 5.91 Å². The SMILES string of the molecule is CCC(CC)NC(=O)CNC1CCCCC1C(C)(C)C. The molecule has 0 spiro atoms. The molecule has 1 saturated carbocycles. The van der Waals surface area contributed by atoms with E-state index in [-0.39, 0.29) is 5.91 Å². The van der Waals surface area contributed by atoms with Crippen LogP contribution in [0, 0.1) is 11.3 Å². The van der Waals surface area contributed by atoms with Crippen LogP contribution >= 0.6 is 0 Å². The van der Waals surface area contributed by atoms with Crippen LogP contribution in [0.5, 0.6) is 0 Å². The molecular formula is C17H34N2O. The lowest BCUT2D eigenvalue weighted by molar-refractivity contribution is -0.121. The maximum absolute atomic E-state index is 12.0. The first kappa shape index (κ1) is 17.5. The molecule has 0 aliphatic heterocycles. The normalized spacial score (nSPS) is 23.9. The number of carbonyl (C=O) groups is 1. The van der Waals surface area contributed by atoms with Gasteiger partial charge in [0.1, 0.15) is 0 Å². The molecule has 1 aliphatic carbocycles. The molecule has 0 bridgehead atoms. The van der Waals surface area contributed by atoms with E-state index >= 15 is 0 Å². The maximum atomic E-state index is 12.0. The molecule has 3 heteroatoms. The number of rotatable bonds is 6. The monoisotopic (exact) mass is 282 g/mol. The van der Waals surface area contributed by atoms with Gasteiger partial charge in [0.25, 0.3) is 0 Å². The van der Waals surface area contributed by atoms with Crippen LogP contribution in [0.4, 0.5) is 0 Å². The quantitative estimate of drug-likeness (QED) is 0.783. The summed E-state index contributed by atoms with van der Waals surface area (Å²) in [5, 5.41) is 6.63. The second-order valence-electron chi connectivity index (χ2n) is 7.33. The Morgan fingerprint density at radius 1 is 1.15 bits per heavy atom. The fraction of sp³-hybridized carbons (Fsp3) is 0.941. The third-order valence-corrected chi connectivity index (χ3v) is 4.75. The van der Waals surface area contributed by atoms with E-state index in [4.69, 9.17) is 0 Å². The minimum atomic E-state index is 0.150. The molecule has 2 unspecified atom stereocenters. The van der Waals surface area contributed by atoms with Crippen LogP contribution in [0.2, 0.25) is 0 Å². The average molecular weight is 282 g/mol. The van der Waals surface area contributed by atoms with Crippen molar-refractivity contribution in [2.24, 2.45) is 11.3 Å². The first-order valence-electron chi connectivity index (χ1n) is 8.41. The van der Waals surface area contributed by atoms with Crippen LogP contribution in [0.1, 0.15) is 73.1 Å². The number of hydrogen-bond acceptors (Lipinski definition) is 2. The average Bonchev–Trinajstić information content (AvgIpc) is 2.41. The van der Waals surface area contributed by atoms with Crippen molar-refractivity contribution in [1.82, 2.24) is 10.6 Å². The van der Waals surface area contributed by atoms with E-state index in [1.807, 2.05) is 0 Å². The van der Waals surface area contributed by atoms with Crippen LogP contribution in [-0.4, -0.2) is 24.5 Å². The summed E-state index contributed by atoms with van der Waals surface area (Å²) in [6.45, 7) is 11.7. The highest BCUT2D eigenvalue weighted by Crippen LogP contribution is 2.37. The molecule has 0 aromatic carbocycles. The smallest absolute Gasteiger partial charge is 0.234 e. The van der Waals surface area contributed by atoms with Crippen LogP contribution in [0.15, 0.2) is 0 Å². The summed E-state index contributed by atoms with van der Waals surface area (Å²) < 4.78 is 0. The Kier molecular flexibility index (Phi) is 7.01. The van der Waals surface area contributed by atoms with E-state index in [1.165, 1.54) is 25.7 Å². The van der Waals surface area contributed by atoms with Crippen LogP contribution < -0.4 is 10.6 Å². The zero-order valence-corrected chi connectivity index (χ0v) is 14.1. The van der Waals surface area contributed by atoms with E-state index in [0.29, 0.717) is 30.0 Å². The van der Waals surface area contributed by atoms with Crippen molar-refractivity contribution in [1.29, 1.82) is 0 Å². The predicted octanol–water partition coefficient (Wildman–Crippen LogP) is 3.49. The van der Waals surface area contributed by atoms with E-state index in [1.54, 1.807) is 0 Å². The largest absolute Gasteiger partial charge is 0.352 e. The highest BCUT2D eigenvalue weighted by Gasteiger charge is 2.33. The molecule has 20 heavy (non-hydrogen) atoms. The molecule has 118 valence electrons. The van der Waals surface area contributed by atoms with Crippen LogP contribution in [-0.2, 0) is 4.79 Å². The summed E-state index contributed by atoms with van der Waals surface area (Å²) >= 11 is 0. The van der Waals surface area contributed by atoms with Gasteiger partial charge in [-0.15, -0.1) is 0 Å². The maximum Gasteiger partial charge on any atom is 0.234 e. The topological polar surface area (TPSA) is 41.1 Å². The van der Waals surface area contributed by atoms with Crippen molar-refractivity contribution in [3.8, 4) is 0 Å². The third kappa shape index (κ3) is 5.43. The number of amides is 1. The Morgan fingerprint density at radius 3 is 2.30 bits per heavy atom. The third-order valence-electron chi connectivity index (χ3n) is 4.75. The summed E-state index contributed by atoms with van der Waals surface area (Å²) in [6.07, 6.45) is 7.14. The molecule has 0 radical (unpaired) electrons. The minimum Gasteiger partial charge on any atom is -0.352 e. The van der Waals surface area contributed by atoms with Gasteiger partial charge in [0.15, 0.2) is 0 Å². The van der Waals surface area contributed by atoms with Crippen LogP contribution in [0.3, 0.4) is 0 Å². The van der Waals surface area contributed by atoms with Gasteiger partial charge in [0.2, 0.25) is 5.91 Å². The fourth-order valence-electron chi connectivity index (χ4n) is 3.41. The van der Waals surface area contributed by atoms with Gasteiger partial charge in [-0.25, -0.2) is 0 Å². The van der Waals surface area contributed by atoms with Crippen molar-refractivity contribution in [2.45, 2.75) is 85.2 Å². The molecule has 0 heterocycles. The lowest BCUT2D eigenvalue weighted by Gasteiger charge is -2.41. The fourth-order valence-corrected chi connectivity index (χ4v) is 3.41. The highest BCUT2D eigenvalue weighted by molar-refractivity contribution is 5.78. The zero-order valence-electron chi connectivity index (χ0n) is 14.1. The number of nitrogens with one attached hydrogen (secondary N) is 2. The molecule has 2 atom stereocenters. The van der Waals surface area contributed by atoms with Gasteiger partial charge in [0, 0.05) is 12.1 Å². The highest BCUT2D eigenvalue weighted by atomic mass is 16.1. The molecule has 1 amide bonds. The molecular weight excluding hydrogens is 248 g/mol. The minimum absolute atomic E-state index is 0.150. The molecule has 1 rings (SSSR count). The Balaban J connectivity index is 2.44. The number of hydrogen-bond donors (Lipinski definition) is 2. The van der Waals surface area contributed by atoms with Gasteiger partial charge in [-0.05, 0) is 37.0 Å². The van der Waals surface area contributed by atoms with Crippen molar-refractivity contribution in [3.63, 3.8) is 0 Å². The molecule has 3 nitrogen and oxygen atoms in total. The number of carbonyl (C=O) groups excluding carboxylic acids is 1. The van der Waals surface area contributed by atoms with Gasteiger partial charge in [-0.2, -0.15) is 0 Å². The second kappa shape index (κ2) is 8.02. The van der Waals surface area contributed by atoms with Gasteiger partial charge in [0.05, 0.1) is 6.54 Å². The van der Waals surface area contributed by atoms with Crippen molar-refractivity contribution in [3.05, 3.63) is 0 Å². The Hall–Kier alpha value is -0.570. The van der Waals surface area contributed by atoms with Gasteiger partial charge >= 0.3 is 0 Å². The van der Waals surface area contributed by atoms with E-state index in [2.05, 4.69) is 45.3 Å². The van der Waals surface area contributed by atoms with Crippen molar-refractivity contribution < 1.29 is 4.79 Å². The second-order valence-corrected chi connectivity index (χ2v) is 7.33. The van der Waals surface area contributed by atoms with E-state index in [9.17, 15) is 4.79 Å². The lowest BCUT2D eigenvalue weighted by Crippen LogP contribution is -2.48. The Bertz CT molecular complexity index is 292. The molecule has 0 saturated heterocycles. The van der Waals surface area contributed by atoms with E-state index in [0.717, 1.165) is 12.8 Å². The molecule has 0 aromatic heterocycles. The molecule has 1 aliphatic rings. The van der Waals surface area contributed by atoms with Gasteiger partial charge in [-0.3, -0.25) is 4.79 Å². The summed E-state index contributed by atoms with van der Waals surface area (Å²) in [7, 11) is 0. The summed E-state index contributed by atoms with van der Waals surface area (Å²) in [6, 6.07) is 0.824. The standard InChI is InChI=1S/C17H34N2O/c1-6-13(7-2)19-16(20)12-18-15-11-9-8-10-14(15)17(3,4)5/h13-15,18H,6-12H2,1-5H3,(H,19,20). The van der Waals surface area contributed by atoms with Gasteiger partial charge < -0.3 is 10.6 Å². The van der Waals surface area contributed by atoms with Gasteiger partial charge in [-0.1, -0.05) is 47.5 Å². The molecule has 2 N–H and O–H groups in total. The summed E-state index contributed by atoms with van der Waals surface area (Å²) in [5.41, 5.74) is 0.323. The summed E-state index contributed by atoms with van der Waals surface area (Å²) in [5.74, 6) is 0.828. The summed E-state index contributed by atoms with van der Waals surface area (Å²) in [4.78, 5) is 12.0. The lowest BCUT2D eigenvalue weighted by atomic mass is 9.69. The molecule has 1 fully saturated rings. The van der Waals surface area contributed by atoms with E-state index < -0.39 is 0 Å². The van der Waals surface area contributed by atoms with Crippen LogP contribution in [0.25, 0.3) is 0 Å². The Morgan fingerprint density at radius 2 is 1.75 bits per heavy atom. The predicted molar refractivity (Wildman–Crippen MR) is 85.7 cm³/mol. The zero-order chi connectivity index (χ0) is 15.2. The Labute approximate surface area is 125 Å². The first-order valence-corrected chi connectivity index (χ1v) is 8.41.